The molecule has 1 fully saturated rings. The number of sulfonamides is 1. The van der Waals surface area contributed by atoms with Gasteiger partial charge in [-0.05, 0) is 25.0 Å². The third kappa shape index (κ3) is 3.70. The Morgan fingerprint density at radius 2 is 2.08 bits per heavy atom. The molecule has 1 atom stereocenters. The molecule has 2 aromatic rings. The quantitative estimate of drug-likeness (QED) is 0.867. The van der Waals surface area contributed by atoms with Crippen molar-refractivity contribution in [1.82, 2.24) is 24.2 Å². The molecule has 1 saturated heterocycles. The van der Waals surface area contributed by atoms with Crippen LogP contribution in [0.1, 0.15) is 18.9 Å². The monoisotopic (exact) mass is 378 g/mol. The Hall–Kier alpha value is -2.46. The first-order chi connectivity index (χ1) is 12.4. The van der Waals surface area contributed by atoms with E-state index < -0.39 is 10.0 Å². The van der Waals surface area contributed by atoms with Crippen LogP contribution < -0.4 is 5.32 Å². The SMILES string of the molecule is CN(C)S(=O)(=O)c1ccccc1NC(=O)N1CCCC(n2ccnn2)C1. The fraction of sp³-hybridized carbons (Fsp3) is 0.438. The lowest BCUT2D eigenvalue weighted by atomic mass is 10.1. The molecular weight excluding hydrogens is 356 g/mol. The van der Waals surface area contributed by atoms with Crippen molar-refractivity contribution in [3.8, 4) is 0 Å². The first kappa shape index (κ1) is 18.3. The number of urea groups is 1. The van der Waals surface area contributed by atoms with Crippen LogP contribution in [0.25, 0.3) is 0 Å². The van der Waals surface area contributed by atoms with Crippen LogP contribution in [0.2, 0.25) is 0 Å². The fourth-order valence-corrected chi connectivity index (χ4v) is 3.99. The molecule has 1 unspecified atom stereocenters. The van der Waals surface area contributed by atoms with Crippen LogP contribution in [0.15, 0.2) is 41.6 Å². The number of hydrogen-bond acceptors (Lipinski definition) is 5. The number of carbonyl (C=O) groups is 1. The van der Waals surface area contributed by atoms with Gasteiger partial charge in [-0.15, -0.1) is 5.10 Å². The standard InChI is InChI=1S/C16H22N6O3S/c1-20(2)26(24,25)15-8-4-3-7-14(15)18-16(23)21-10-5-6-13(12-21)22-11-9-17-19-22/h3-4,7-9,11,13H,5-6,10,12H2,1-2H3,(H,18,23). The van der Waals surface area contributed by atoms with Crippen molar-refractivity contribution in [3.05, 3.63) is 36.7 Å². The Kier molecular flexibility index (Phi) is 5.23. The van der Waals surface area contributed by atoms with Crippen LogP contribution in [0.5, 0.6) is 0 Å². The largest absolute Gasteiger partial charge is 0.322 e. The van der Waals surface area contributed by atoms with Gasteiger partial charge in [0.2, 0.25) is 10.0 Å². The zero-order chi connectivity index (χ0) is 18.7. The Morgan fingerprint density at radius 1 is 1.31 bits per heavy atom. The van der Waals surface area contributed by atoms with E-state index in [9.17, 15) is 13.2 Å². The second kappa shape index (κ2) is 7.42. The van der Waals surface area contributed by atoms with Gasteiger partial charge in [0, 0.05) is 33.4 Å². The third-order valence-corrected chi connectivity index (χ3v) is 6.26. The zero-order valence-corrected chi connectivity index (χ0v) is 15.6. The molecule has 1 aromatic carbocycles. The first-order valence-electron chi connectivity index (χ1n) is 8.33. The van der Waals surface area contributed by atoms with Crippen molar-refractivity contribution in [1.29, 1.82) is 0 Å². The summed E-state index contributed by atoms with van der Waals surface area (Å²) in [6.07, 6.45) is 5.15. The zero-order valence-electron chi connectivity index (χ0n) is 14.7. The number of anilines is 1. The summed E-state index contributed by atoms with van der Waals surface area (Å²) in [7, 11) is -0.733. The number of aromatic nitrogens is 3. The maximum atomic E-state index is 12.7. The fourth-order valence-electron chi connectivity index (χ4n) is 2.95. The predicted octanol–water partition coefficient (Wildman–Crippen LogP) is 1.40. The number of nitrogens with zero attached hydrogens (tertiary/aromatic N) is 5. The number of para-hydroxylation sites is 1. The molecule has 1 N–H and O–H groups in total. The van der Waals surface area contributed by atoms with Gasteiger partial charge in [-0.2, -0.15) is 0 Å². The second-order valence-electron chi connectivity index (χ2n) is 6.34. The lowest BCUT2D eigenvalue weighted by molar-refractivity contribution is 0.174. The number of hydrogen-bond donors (Lipinski definition) is 1. The highest BCUT2D eigenvalue weighted by atomic mass is 32.2. The van der Waals surface area contributed by atoms with Crippen molar-refractivity contribution in [2.24, 2.45) is 0 Å². The molecule has 2 amide bonds. The molecule has 140 valence electrons. The molecule has 9 nitrogen and oxygen atoms in total. The third-order valence-electron chi connectivity index (χ3n) is 4.39. The van der Waals surface area contributed by atoms with E-state index in [2.05, 4.69) is 15.6 Å². The Balaban J connectivity index is 1.76. The number of benzene rings is 1. The molecule has 0 bridgehead atoms. The summed E-state index contributed by atoms with van der Waals surface area (Å²) in [5.74, 6) is 0. The molecule has 1 aromatic heterocycles. The summed E-state index contributed by atoms with van der Waals surface area (Å²) in [6.45, 7) is 1.11. The highest BCUT2D eigenvalue weighted by Crippen LogP contribution is 2.25. The molecule has 1 aliphatic rings. The second-order valence-corrected chi connectivity index (χ2v) is 8.46. The normalized spacial score (nSPS) is 18.1. The topological polar surface area (TPSA) is 100 Å². The number of amides is 2. The average molecular weight is 378 g/mol. The van der Waals surface area contributed by atoms with Gasteiger partial charge in [0.15, 0.2) is 0 Å². The molecule has 3 rings (SSSR count). The van der Waals surface area contributed by atoms with E-state index in [0.29, 0.717) is 13.1 Å². The van der Waals surface area contributed by atoms with Gasteiger partial charge in [0.05, 0.1) is 17.9 Å². The van der Waals surface area contributed by atoms with E-state index in [1.807, 2.05) is 0 Å². The van der Waals surface area contributed by atoms with Crippen molar-refractivity contribution >= 4 is 21.7 Å². The average Bonchev–Trinajstić information content (AvgIpc) is 3.17. The van der Waals surface area contributed by atoms with E-state index >= 15 is 0 Å². The van der Waals surface area contributed by atoms with Gasteiger partial charge < -0.3 is 10.2 Å². The molecule has 0 aliphatic carbocycles. The predicted molar refractivity (Wildman–Crippen MR) is 96.2 cm³/mol. The minimum atomic E-state index is -3.65. The molecular formula is C16H22N6O3S. The summed E-state index contributed by atoms with van der Waals surface area (Å²) < 4.78 is 27.8. The van der Waals surface area contributed by atoms with Crippen LogP contribution in [-0.4, -0.2) is 65.8 Å². The summed E-state index contributed by atoms with van der Waals surface area (Å²) in [5, 5.41) is 10.6. The molecule has 0 radical (unpaired) electrons. The molecule has 26 heavy (non-hydrogen) atoms. The molecule has 2 heterocycles. The lowest BCUT2D eigenvalue weighted by Gasteiger charge is -2.32. The highest BCUT2D eigenvalue weighted by molar-refractivity contribution is 7.89. The first-order valence-corrected chi connectivity index (χ1v) is 9.77. The van der Waals surface area contributed by atoms with Gasteiger partial charge in [0.1, 0.15) is 4.90 Å². The maximum absolute atomic E-state index is 12.7. The highest BCUT2D eigenvalue weighted by Gasteiger charge is 2.27. The molecule has 0 saturated carbocycles. The van der Waals surface area contributed by atoms with Crippen LogP contribution >= 0.6 is 0 Å². The number of piperidine rings is 1. The van der Waals surface area contributed by atoms with E-state index in [1.54, 1.807) is 40.2 Å². The van der Waals surface area contributed by atoms with Crippen molar-refractivity contribution in [2.75, 3.05) is 32.5 Å². The summed E-state index contributed by atoms with van der Waals surface area (Å²) in [5.41, 5.74) is 0.272. The van der Waals surface area contributed by atoms with Crippen molar-refractivity contribution in [3.63, 3.8) is 0 Å². The Labute approximate surface area is 152 Å². The lowest BCUT2D eigenvalue weighted by Crippen LogP contribution is -2.43. The van der Waals surface area contributed by atoms with Gasteiger partial charge in [0.25, 0.3) is 0 Å². The number of rotatable bonds is 4. The number of carbonyl (C=O) groups excluding carboxylic acids is 1. The van der Waals surface area contributed by atoms with E-state index in [-0.39, 0.29) is 22.7 Å². The number of likely N-dealkylation sites (tertiary alicyclic amines) is 1. The summed E-state index contributed by atoms with van der Waals surface area (Å²) >= 11 is 0. The summed E-state index contributed by atoms with van der Waals surface area (Å²) in [6, 6.07) is 6.15. The maximum Gasteiger partial charge on any atom is 0.321 e. The van der Waals surface area contributed by atoms with E-state index in [0.717, 1.165) is 17.1 Å². The molecule has 1 aliphatic heterocycles. The van der Waals surface area contributed by atoms with Crippen LogP contribution in [0, 0.1) is 0 Å². The van der Waals surface area contributed by atoms with Gasteiger partial charge in [-0.1, -0.05) is 17.3 Å². The minimum absolute atomic E-state index is 0.0674. The molecule has 10 heteroatoms. The smallest absolute Gasteiger partial charge is 0.321 e. The van der Waals surface area contributed by atoms with Crippen LogP contribution in [0.3, 0.4) is 0 Å². The van der Waals surface area contributed by atoms with Crippen molar-refractivity contribution < 1.29 is 13.2 Å². The van der Waals surface area contributed by atoms with Gasteiger partial charge in [-0.3, -0.25) is 0 Å². The van der Waals surface area contributed by atoms with Crippen LogP contribution in [-0.2, 0) is 10.0 Å². The number of nitrogens with one attached hydrogen (secondary N) is 1. The Bertz CT molecular complexity index is 866. The van der Waals surface area contributed by atoms with E-state index in [1.165, 1.54) is 20.2 Å². The van der Waals surface area contributed by atoms with Gasteiger partial charge >= 0.3 is 6.03 Å². The Morgan fingerprint density at radius 3 is 2.77 bits per heavy atom. The van der Waals surface area contributed by atoms with Gasteiger partial charge in [-0.25, -0.2) is 22.2 Å². The van der Waals surface area contributed by atoms with Crippen molar-refractivity contribution in [2.45, 2.75) is 23.8 Å². The minimum Gasteiger partial charge on any atom is -0.322 e. The summed E-state index contributed by atoms with van der Waals surface area (Å²) in [4.78, 5) is 14.4. The van der Waals surface area contributed by atoms with Crippen LogP contribution in [0.4, 0.5) is 10.5 Å². The van der Waals surface area contributed by atoms with E-state index in [4.69, 9.17) is 0 Å². The molecule has 0 spiro atoms.